The Hall–Kier alpha value is -1.98. The minimum Gasteiger partial charge on any atom is -0.435 e. The second-order valence-corrected chi connectivity index (χ2v) is 7.37. The zero-order chi connectivity index (χ0) is 20.8. The second-order valence-electron chi connectivity index (χ2n) is 7.37. The van der Waals surface area contributed by atoms with E-state index in [-0.39, 0.29) is 29.7 Å². The van der Waals surface area contributed by atoms with E-state index in [9.17, 15) is 8.78 Å². The topological polar surface area (TPSA) is 67.6 Å². The van der Waals surface area contributed by atoms with Gasteiger partial charge in [0.2, 0.25) is 0 Å². The summed E-state index contributed by atoms with van der Waals surface area (Å²) < 4.78 is 31.0. The average molecular weight is 534 g/mol. The lowest BCUT2D eigenvalue weighted by Gasteiger charge is -2.25. The van der Waals surface area contributed by atoms with E-state index < -0.39 is 6.61 Å². The highest BCUT2D eigenvalue weighted by Gasteiger charge is 2.18. The van der Waals surface area contributed by atoms with Crippen molar-refractivity contribution in [1.82, 2.24) is 25.0 Å². The predicted octanol–water partition coefficient (Wildman–Crippen LogP) is 3.86. The first-order valence-corrected chi connectivity index (χ1v) is 9.83. The SMILES string of the molecule is Cc1nnc(CN=C(NC2CCCC2)N(C)Cc2ccc(OC(F)F)cc2)n1C.I. The molecule has 1 heterocycles. The Labute approximate surface area is 192 Å². The Kier molecular flexibility index (Phi) is 9.25. The number of nitrogens with zero attached hydrogens (tertiary/aromatic N) is 5. The quantitative estimate of drug-likeness (QED) is 0.332. The van der Waals surface area contributed by atoms with Gasteiger partial charge in [0, 0.05) is 26.7 Å². The summed E-state index contributed by atoms with van der Waals surface area (Å²) in [5.74, 6) is 2.60. The van der Waals surface area contributed by atoms with Crippen molar-refractivity contribution >= 4 is 29.9 Å². The molecular formula is C20H29F2IN6O. The number of aryl methyl sites for hydroxylation is 1. The summed E-state index contributed by atoms with van der Waals surface area (Å²) in [6.45, 7) is 0.108. The molecule has 10 heteroatoms. The molecule has 30 heavy (non-hydrogen) atoms. The number of aliphatic imine (C=N–C) groups is 1. The fourth-order valence-corrected chi connectivity index (χ4v) is 3.39. The molecular weight excluding hydrogens is 505 g/mol. The molecule has 1 aliphatic rings. The number of nitrogens with one attached hydrogen (secondary N) is 1. The van der Waals surface area contributed by atoms with Crippen LogP contribution in [0.4, 0.5) is 8.78 Å². The van der Waals surface area contributed by atoms with Crippen LogP contribution >= 0.6 is 24.0 Å². The molecule has 0 bridgehead atoms. The molecule has 0 amide bonds. The number of halogens is 3. The molecule has 0 saturated heterocycles. The first-order valence-electron chi connectivity index (χ1n) is 9.83. The summed E-state index contributed by atoms with van der Waals surface area (Å²) in [7, 11) is 3.89. The van der Waals surface area contributed by atoms with E-state index in [1.807, 2.05) is 30.5 Å². The standard InChI is InChI=1S/C20H28F2N6O.HI/c1-14-25-26-18(28(14)3)12-23-20(24-16-6-4-5-7-16)27(2)13-15-8-10-17(11-9-15)29-19(21)22;/h8-11,16,19H,4-7,12-13H2,1-3H3,(H,23,24);1H. The van der Waals surface area contributed by atoms with Crippen molar-refractivity contribution in [3.8, 4) is 5.75 Å². The number of guanidine groups is 1. The summed E-state index contributed by atoms with van der Waals surface area (Å²) in [6.07, 6.45) is 4.72. The van der Waals surface area contributed by atoms with Crippen molar-refractivity contribution < 1.29 is 13.5 Å². The largest absolute Gasteiger partial charge is 0.435 e. The molecule has 0 spiro atoms. The number of benzene rings is 1. The number of ether oxygens (including phenoxy) is 1. The molecule has 3 rings (SSSR count). The van der Waals surface area contributed by atoms with Crippen molar-refractivity contribution in [2.24, 2.45) is 12.0 Å². The second kappa shape index (κ2) is 11.4. The van der Waals surface area contributed by atoms with Gasteiger partial charge in [0.15, 0.2) is 11.8 Å². The van der Waals surface area contributed by atoms with Gasteiger partial charge in [0.1, 0.15) is 18.1 Å². The third-order valence-corrected chi connectivity index (χ3v) is 5.17. The van der Waals surface area contributed by atoms with E-state index in [4.69, 9.17) is 4.99 Å². The van der Waals surface area contributed by atoms with Crippen LogP contribution in [0.2, 0.25) is 0 Å². The normalized spacial score (nSPS) is 14.7. The fourth-order valence-electron chi connectivity index (χ4n) is 3.39. The van der Waals surface area contributed by atoms with Gasteiger partial charge in [-0.2, -0.15) is 8.78 Å². The first-order chi connectivity index (χ1) is 13.9. The van der Waals surface area contributed by atoms with Gasteiger partial charge in [-0.3, -0.25) is 0 Å². The lowest BCUT2D eigenvalue weighted by Crippen LogP contribution is -2.43. The van der Waals surface area contributed by atoms with Crippen LogP contribution in [0.25, 0.3) is 0 Å². The molecule has 1 aromatic heterocycles. The molecule has 2 aromatic rings. The van der Waals surface area contributed by atoms with E-state index in [1.165, 1.54) is 12.8 Å². The Balaban J connectivity index is 0.00000320. The van der Waals surface area contributed by atoms with Gasteiger partial charge in [0.05, 0.1) is 0 Å². The summed E-state index contributed by atoms with van der Waals surface area (Å²) in [6, 6.07) is 7.10. The smallest absolute Gasteiger partial charge is 0.387 e. The maximum Gasteiger partial charge on any atom is 0.387 e. The number of aromatic nitrogens is 3. The Bertz CT molecular complexity index is 821. The molecule has 1 N–H and O–H groups in total. The van der Waals surface area contributed by atoms with Crippen LogP contribution in [0.15, 0.2) is 29.3 Å². The molecule has 166 valence electrons. The van der Waals surface area contributed by atoms with Crippen LogP contribution in [0.3, 0.4) is 0 Å². The fraction of sp³-hybridized carbons (Fsp3) is 0.550. The summed E-state index contributed by atoms with van der Waals surface area (Å²) >= 11 is 0. The summed E-state index contributed by atoms with van der Waals surface area (Å²) in [5, 5.41) is 11.8. The molecule has 1 aromatic carbocycles. The minimum absolute atomic E-state index is 0. The van der Waals surface area contributed by atoms with Gasteiger partial charge in [-0.25, -0.2) is 4.99 Å². The Morgan fingerprint density at radius 3 is 2.50 bits per heavy atom. The highest BCUT2D eigenvalue weighted by atomic mass is 127. The molecule has 0 unspecified atom stereocenters. The molecule has 0 atom stereocenters. The van der Waals surface area contributed by atoms with E-state index in [0.717, 1.165) is 36.0 Å². The van der Waals surface area contributed by atoms with Crippen LogP contribution in [0, 0.1) is 6.92 Å². The summed E-state index contributed by atoms with van der Waals surface area (Å²) in [5.41, 5.74) is 0.976. The van der Waals surface area contributed by atoms with E-state index >= 15 is 0 Å². The van der Waals surface area contributed by atoms with Crippen molar-refractivity contribution in [2.75, 3.05) is 7.05 Å². The molecule has 1 saturated carbocycles. The zero-order valence-corrected chi connectivity index (χ0v) is 19.8. The third kappa shape index (κ3) is 6.78. The van der Waals surface area contributed by atoms with E-state index in [1.54, 1.807) is 24.3 Å². The Morgan fingerprint density at radius 2 is 1.93 bits per heavy atom. The molecule has 1 aliphatic carbocycles. The van der Waals surface area contributed by atoms with Crippen LogP contribution < -0.4 is 10.1 Å². The molecule has 7 nitrogen and oxygen atoms in total. The zero-order valence-electron chi connectivity index (χ0n) is 17.5. The average Bonchev–Trinajstić information content (AvgIpc) is 3.31. The van der Waals surface area contributed by atoms with Gasteiger partial charge in [-0.1, -0.05) is 25.0 Å². The van der Waals surface area contributed by atoms with Crippen LogP contribution in [0.1, 0.15) is 42.9 Å². The maximum absolute atomic E-state index is 12.3. The van der Waals surface area contributed by atoms with E-state index in [2.05, 4.69) is 20.3 Å². The highest BCUT2D eigenvalue weighted by Crippen LogP contribution is 2.19. The molecule has 0 radical (unpaired) electrons. The highest BCUT2D eigenvalue weighted by molar-refractivity contribution is 14.0. The van der Waals surface area contributed by atoms with Crippen molar-refractivity contribution in [3.63, 3.8) is 0 Å². The lowest BCUT2D eigenvalue weighted by molar-refractivity contribution is -0.0498. The number of rotatable bonds is 7. The lowest BCUT2D eigenvalue weighted by atomic mass is 10.2. The van der Waals surface area contributed by atoms with Crippen LogP contribution in [-0.4, -0.2) is 45.3 Å². The predicted molar refractivity (Wildman–Crippen MR) is 122 cm³/mol. The maximum atomic E-state index is 12.3. The number of hydrogen-bond acceptors (Lipinski definition) is 4. The van der Waals surface area contributed by atoms with Crippen LogP contribution in [-0.2, 0) is 20.1 Å². The third-order valence-electron chi connectivity index (χ3n) is 5.17. The number of alkyl halides is 2. The first kappa shape index (κ1) is 24.3. The van der Waals surface area contributed by atoms with Crippen molar-refractivity contribution in [1.29, 1.82) is 0 Å². The van der Waals surface area contributed by atoms with Crippen molar-refractivity contribution in [3.05, 3.63) is 41.5 Å². The Morgan fingerprint density at radius 1 is 1.27 bits per heavy atom. The molecule has 0 aliphatic heterocycles. The van der Waals surface area contributed by atoms with Gasteiger partial charge in [0.25, 0.3) is 0 Å². The number of hydrogen-bond donors (Lipinski definition) is 1. The van der Waals surface area contributed by atoms with Gasteiger partial charge in [-0.15, -0.1) is 34.2 Å². The van der Waals surface area contributed by atoms with E-state index in [0.29, 0.717) is 19.1 Å². The monoisotopic (exact) mass is 534 g/mol. The minimum atomic E-state index is -2.82. The summed E-state index contributed by atoms with van der Waals surface area (Å²) in [4.78, 5) is 6.80. The van der Waals surface area contributed by atoms with Gasteiger partial charge < -0.3 is 19.5 Å². The van der Waals surface area contributed by atoms with Gasteiger partial charge >= 0.3 is 6.61 Å². The van der Waals surface area contributed by atoms with Crippen LogP contribution in [0.5, 0.6) is 5.75 Å². The van der Waals surface area contributed by atoms with Gasteiger partial charge in [-0.05, 0) is 37.5 Å². The van der Waals surface area contributed by atoms with Crippen molar-refractivity contribution in [2.45, 2.75) is 58.3 Å². The molecule has 1 fully saturated rings.